The largest absolute Gasteiger partial charge is 0.573 e. The lowest BCUT2D eigenvalue weighted by atomic mass is 10.2. The van der Waals surface area contributed by atoms with Crippen LogP contribution in [0.15, 0.2) is 24.3 Å². The molecule has 24 heavy (non-hydrogen) atoms. The molecule has 1 saturated heterocycles. The van der Waals surface area contributed by atoms with E-state index >= 15 is 0 Å². The van der Waals surface area contributed by atoms with Gasteiger partial charge in [0.2, 0.25) is 15.9 Å². The second-order valence-corrected chi connectivity index (χ2v) is 8.23. The number of halogens is 3. The molecule has 2 fully saturated rings. The van der Waals surface area contributed by atoms with Crippen molar-refractivity contribution < 1.29 is 31.1 Å². The van der Waals surface area contributed by atoms with Gasteiger partial charge in [-0.25, -0.2) is 12.7 Å². The van der Waals surface area contributed by atoms with E-state index in [4.69, 9.17) is 0 Å². The highest BCUT2D eigenvalue weighted by Crippen LogP contribution is 2.56. The number of carbonyl (C=O) groups is 1. The number of hydrogen-bond acceptors (Lipinski definition) is 4. The third-order valence-electron chi connectivity index (χ3n) is 4.44. The van der Waals surface area contributed by atoms with Crippen molar-refractivity contribution in [3.05, 3.63) is 24.3 Å². The number of alkyl halides is 3. The second-order valence-electron chi connectivity index (χ2n) is 5.93. The highest BCUT2D eigenvalue weighted by molar-refractivity contribution is 7.91. The number of ether oxygens (including phenoxy) is 1. The minimum absolute atomic E-state index is 0.206. The molecule has 6 nitrogen and oxygen atoms in total. The zero-order valence-electron chi connectivity index (χ0n) is 12.6. The van der Waals surface area contributed by atoms with E-state index in [0.717, 1.165) is 12.1 Å². The first-order chi connectivity index (χ1) is 11.1. The molecule has 1 amide bonds. The Morgan fingerprint density at radius 3 is 2.54 bits per heavy atom. The molecule has 1 aliphatic heterocycles. The van der Waals surface area contributed by atoms with Crippen LogP contribution in [-0.4, -0.2) is 43.3 Å². The maximum absolute atomic E-state index is 12.5. The average molecular weight is 364 g/mol. The summed E-state index contributed by atoms with van der Waals surface area (Å²) >= 11 is 0. The van der Waals surface area contributed by atoms with Crippen LogP contribution in [0.2, 0.25) is 0 Å². The molecule has 0 aromatic heterocycles. The molecule has 1 heterocycles. The van der Waals surface area contributed by atoms with Crippen molar-refractivity contribution >= 4 is 21.6 Å². The number of sulfonamides is 1. The summed E-state index contributed by atoms with van der Waals surface area (Å²) in [6.45, 7) is 0.380. The Balaban J connectivity index is 1.74. The van der Waals surface area contributed by atoms with Crippen molar-refractivity contribution in [3.63, 3.8) is 0 Å². The number of amides is 1. The molecule has 0 bridgehead atoms. The second kappa shape index (κ2) is 5.35. The Kier molecular flexibility index (Phi) is 3.79. The number of nitrogens with one attached hydrogen (secondary N) is 1. The monoisotopic (exact) mass is 364 g/mol. The Morgan fingerprint density at radius 2 is 1.96 bits per heavy atom. The molecule has 132 valence electrons. The molecule has 1 saturated carbocycles. The molecular weight excluding hydrogens is 349 g/mol. The summed E-state index contributed by atoms with van der Waals surface area (Å²) in [6, 6.07) is 4.55. The van der Waals surface area contributed by atoms with Crippen LogP contribution in [-0.2, 0) is 14.8 Å². The molecule has 3 rings (SSSR count). The van der Waals surface area contributed by atoms with E-state index in [2.05, 4.69) is 10.1 Å². The van der Waals surface area contributed by atoms with Crippen LogP contribution in [0.1, 0.15) is 12.8 Å². The van der Waals surface area contributed by atoms with Crippen molar-refractivity contribution in [3.8, 4) is 5.75 Å². The van der Waals surface area contributed by atoms with E-state index in [9.17, 15) is 26.4 Å². The standard InChI is InChI=1S/C14H15F3N2O4S/c1-19-7-6-9-8-13(9,24(19,21)22)12(20)18-10-2-4-11(5-3-10)23-14(15,16)17/h2-5,9H,6-8H2,1H3,(H,18,20)/t9-,13+/m0/s1. The number of nitrogens with zero attached hydrogens (tertiary/aromatic N) is 1. The number of hydrogen-bond donors (Lipinski definition) is 1. The first-order valence-corrected chi connectivity index (χ1v) is 8.63. The Bertz CT molecular complexity index is 763. The van der Waals surface area contributed by atoms with E-state index in [1.165, 1.54) is 23.5 Å². The Morgan fingerprint density at radius 1 is 1.33 bits per heavy atom. The van der Waals surface area contributed by atoms with Crippen LogP contribution >= 0.6 is 0 Å². The molecular formula is C14H15F3N2O4S. The van der Waals surface area contributed by atoms with E-state index in [-0.39, 0.29) is 18.0 Å². The third kappa shape index (κ3) is 2.73. The van der Waals surface area contributed by atoms with Crippen LogP contribution in [0.5, 0.6) is 5.75 Å². The minimum Gasteiger partial charge on any atom is -0.406 e. The van der Waals surface area contributed by atoms with Gasteiger partial charge < -0.3 is 10.1 Å². The molecule has 2 aliphatic rings. The average Bonchev–Trinajstić information content (AvgIpc) is 3.21. The molecule has 1 aromatic carbocycles. The van der Waals surface area contributed by atoms with Gasteiger partial charge in [-0.05, 0) is 43.0 Å². The van der Waals surface area contributed by atoms with Gasteiger partial charge in [0.25, 0.3) is 0 Å². The van der Waals surface area contributed by atoms with Gasteiger partial charge in [0.05, 0.1) is 0 Å². The van der Waals surface area contributed by atoms with E-state index in [0.29, 0.717) is 13.0 Å². The van der Waals surface area contributed by atoms with Gasteiger partial charge in [-0.3, -0.25) is 4.79 Å². The molecule has 0 spiro atoms. The summed E-state index contributed by atoms with van der Waals surface area (Å²) in [5.74, 6) is -1.29. The summed E-state index contributed by atoms with van der Waals surface area (Å²) in [5.41, 5.74) is 0.206. The van der Waals surface area contributed by atoms with Crippen molar-refractivity contribution in [2.24, 2.45) is 5.92 Å². The van der Waals surface area contributed by atoms with E-state index < -0.39 is 32.8 Å². The molecule has 1 aliphatic carbocycles. The first kappa shape index (κ1) is 17.0. The predicted octanol–water partition coefficient (Wildman–Crippen LogP) is 1.95. The summed E-state index contributed by atoms with van der Waals surface area (Å²) < 4.78 is 64.7. The van der Waals surface area contributed by atoms with Gasteiger partial charge in [0.1, 0.15) is 5.75 Å². The van der Waals surface area contributed by atoms with Crippen LogP contribution < -0.4 is 10.1 Å². The van der Waals surface area contributed by atoms with Gasteiger partial charge in [-0.1, -0.05) is 0 Å². The number of fused-ring (bicyclic) bond motifs is 1. The maximum atomic E-state index is 12.5. The summed E-state index contributed by atoms with van der Waals surface area (Å²) in [4.78, 5) is 12.5. The minimum atomic E-state index is -4.80. The number of benzene rings is 1. The van der Waals surface area contributed by atoms with Crippen molar-refractivity contribution in [2.45, 2.75) is 24.0 Å². The highest BCUT2D eigenvalue weighted by atomic mass is 32.2. The van der Waals surface area contributed by atoms with Gasteiger partial charge in [-0.15, -0.1) is 13.2 Å². The van der Waals surface area contributed by atoms with Crippen molar-refractivity contribution in [1.29, 1.82) is 0 Å². The fourth-order valence-corrected chi connectivity index (χ4v) is 5.20. The number of carbonyl (C=O) groups excluding carboxylic acids is 1. The van der Waals surface area contributed by atoms with Gasteiger partial charge in [0, 0.05) is 19.3 Å². The van der Waals surface area contributed by atoms with Crippen LogP contribution in [0.4, 0.5) is 18.9 Å². The van der Waals surface area contributed by atoms with E-state index in [1.807, 2.05) is 0 Å². The van der Waals surface area contributed by atoms with Crippen molar-refractivity contribution in [1.82, 2.24) is 4.31 Å². The highest BCUT2D eigenvalue weighted by Gasteiger charge is 2.71. The third-order valence-corrected chi connectivity index (χ3v) is 7.05. The summed E-state index contributed by atoms with van der Waals surface area (Å²) in [6.07, 6.45) is -3.92. The van der Waals surface area contributed by atoms with Crippen LogP contribution in [0.3, 0.4) is 0 Å². The fraction of sp³-hybridized carbons (Fsp3) is 0.500. The van der Waals surface area contributed by atoms with Gasteiger partial charge in [0.15, 0.2) is 4.75 Å². The number of rotatable bonds is 3. The fourth-order valence-electron chi connectivity index (χ4n) is 3.07. The zero-order valence-corrected chi connectivity index (χ0v) is 13.4. The topological polar surface area (TPSA) is 75.7 Å². The quantitative estimate of drug-likeness (QED) is 0.890. The van der Waals surface area contributed by atoms with E-state index in [1.54, 1.807) is 0 Å². The van der Waals surface area contributed by atoms with Crippen LogP contribution in [0, 0.1) is 5.92 Å². The predicted molar refractivity (Wildman–Crippen MR) is 78.8 cm³/mol. The van der Waals surface area contributed by atoms with Crippen LogP contribution in [0.25, 0.3) is 0 Å². The Hall–Kier alpha value is -1.81. The lowest BCUT2D eigenvalue weighted by Crippen LogP contribution is -2.50. The lowest BCUT2D eigenvalue weighted by Gasteiger charge is -2.28. The normalized spacial score (nSPS) is 28.8. The Labute approximate surface area is 136 Å². The SMILES string of the molecule is CN1CC[C@H]2C[C@@]2(C(=O)Nc2ccc(OC(F)(F)F)cc2)S1(=O)=O. The van der Waals surface area contributed by atoms with Gasteiger partial charge >= 0.3 is 6.36 Å². The molecule has 1 aromatic rings. The first-order valence-electron chi connectivity index (χ1n) is 7.19. The number of anilines is 1. The molecule has 0 radical (unpaired) electrons. The summed E-state index contributed by atoms with van der Waals surface area (Å²) in [5, 5.41) is 2.48. The lowest BCUT2D eigenvalue weighted by molar-refractivity contribution is -0.274. The summed E-state index contributed by atoms with van der Waals surface area (Å²) in [7, 11) is -2.30. The zero-order chi connectivity index (χ0) is 17.8. The molecule has 1 N–H and O–H groups in total. The smallest absolute Gasteiger partial charge is 0.406 e. The maximum Gasteiger partial charge on any atom is 0.573 e. The van der Waals surface area contributed by atoms with Crippen molar-refractivity contribution in [2.75, 3.05) is 18.9 Å². The molecule has 10 heteroatoms. The molecule has 0 unspecified atom stereocenters. The van der Waals surface area contributed by atoms with Gasteiger partial charge in [-0.2, -0.15) is 0 Å². The molecule has 2 atom stereocenters.